The molecule has 3 rings (SSSR count). The molecule has 9 nitrogen and oxygen atoms in total. The van der Waals surface area contributed by atoms with Gasteiger partial charge in [0.1, 0.15) is 5.82 Å². The molecule has 1 aliphatic heterocycles. The van der Waals surface area contributed by atoms with Crippen LogP contribution in [0.5, 0.6) is 17.2 Å². The van der Waals surface area contributed by atoms with Crippen molar-refractivity contribution in [2.24, 2.45) is 5.73 Å². The molecule has 0 aromatic heterocycles. The van der Waals surface area contributed by atoms with Crippen LogP contribution in [0.15, 0.2) is 34.8 Å². The normalized spacial score (nSPS) is 18.6. The maximum absolute atomic E-state index is 13.0. The molecule has 2 aliphatic rings. The maximum Gasteiger partial charge on any atom is 0.235 e. The van der Waals surface area contributed by atoms with Crippen LogP contribution in [0.2, 0.25) is 0 Å². The van der Waals surface area contributed by atoms with Crippen LogP contribution in [0.1, 0.15) is 37.7 Å². The highest BCUT2D eigenvalue weighted by atomic mass is 16.5. The molecule has 1 aliphatic carbocycles. The lowest BCUT2D eigenvalue weighted by atomic mass is 9.75. The number of Topliss-reactive ketones (excluding diaryl/α,β-unsaturated/α-hetero) is 1. The lowest BCUT2D eigenvalue weighted by Crippen LogP contribution is -2.47. The summed E-state index contributed by atoms with van der Waals surface area (Å²) in [6, 6.07) is 5.55. The Morgan fingerprint density at radius 2 is 1.90 bits per heavy atom. The second-order valence-corrected chi connectivity index (χ2v) is 6.91. The Balaban J connectivity index is 2.32. The molecule has 1 aromatic rings. The highest BCUT2D eigenvalue weighted by molar-refractivity contribution is 6.00. The summed E-state index contributed by atoms with van der Waals surface area (Å²) in [4.78, 5) is 24.8. The second kappa shape index (κ2) is 8.37. The molecule has 9 heteroatoms. The van der Waals surface area contributed by atoms with Crippen molar-refractivity contribution in [1.82, 2.24) is 10.4 Å². The summed E-state index contributed by atoms with van der Waals surface area (Å²) in [5.41, 5.74) is 10.6. The van der Waals surface area contributed by atoms with Crippen LogP contribution in [0, 0.1) is 11.3 Å². The zero-order valence-electron chi connectivity index (χ0n) is 17.4. The maximum atomic E-state index is 13.0. The van der Waals surface area contributed by atoms with Gasteiger partial charge in [-0.15, -0.1) is 0 Å². The van der Waals surface area contributed by atoms with Crippen LogP contribution in [-0.4, -0.2) is 38.0 Å². The fraction of sp³-hybridized carbons (Fsp3) is 0.381. The van der Waals surface area contributed by atoms with E-state index in [-0.39, 0.29) is 23.1 Å². The van der Waals surface area contributed by atoms with Gasteiger partial charge in [-0.05, 0) is 18.9 Å². The van der Waals surface area contributed by atoms with Gasteiger partial charge in [-0.2, -0.15) is 5.26 Å². The first kappa shape index (κ1) is 21.0. The van der Waals surface area contributed by atoms with Crippen molar-refractivity contribution >= 4 is 11.7 Å². The predicted octanol–water partition coefficient (Wildman–Crippen LogP) is 1.86. The first-order valence-electron chi connectivity index (χ1n) is 9.41. The van der Waals surface area contributed by atoms with E-state index in [4.69, 9.17) is 19.9 Å². The average molecular weight is 412 g/mol. The first-order valence-corrected chi connectivity index (χ1v) is 9.41. The number of carbonyl (C=O) groups is 2. The minimum Gasteiger partial charge on any atom is -0.493 e. The van der Waals surface area contributed by atoms with Crippen LogP contribution < -0.4 is 25.4 Å². The number of benzene rings is 1. The van der Waals surface area contributed by atoms with E-state index in [1.807, 2.05) is 0 Å². The van der Waals surface area contributed by atoms with E-state index in [0.717, 1.165) is 0 Å². The van der Waals surface area contributed by atoms with Gasteiger partial charge >= 0.3 is 0 Å². The molecule has 0 spiro atoms. The number of amides is 1. The van der Waals surface area contributed by atoms with E-state index in [9.17, 15) is 14.9 Å². The van der Waals surface area contributed by atoms with Crippen LogP contribution in [0.4, 0.5) is 0 Å². The van der Waals surface area contributed by atoms with E-state index in [0.29, 0.717) is 53.3 Å². The van der Waals surface area contributed by atoms with Crippen molar-refractivity contribution in [2.45, 2.75) is 32.1 Å². The Morgan fingerprint density at radius 1 is 1.20 bits per heavy atom. The second-order valence-electron chi connectivity index (χ2n) is 6.91. The zero-order valence-corrected chi connectivity index (χ0v) is 17.4. The van der Waals surface area contributed by atoms with E-state index < -0.39 is 5.92 Å². The molecule has 1 heterocycles. The standard InChI is InChI=1S/C21H24N4O5/c1-11(26)24-25-14-6-5-7-15(27)18(14)17(13(10-22)21(25)23)12-8-9-16(28-2)20(30-4)19(12)29-3/h8-9,17H,5-7,23H2,1-4H3,(H,24,26). The topological polar surface area (TPSA) is 127 Å². The molecule has 0 radical (unpaired) electrons. The van der Waals surface area contributed by atoms with Crippen molar-refractivity contribution in [1.29, 1.82) is 5.26 Å². The minimum atomic E-state index is -0.752. The number of hydrogen-bond acceptors (Lipinski definition) is 8. The van der Waals surface area contributed by atoms with Crippen molar-refractivity contribution in [3.05, 3.63) is 40.4 Å². The smallest absolute Gasteiger partial charge is 0.235 e. The zero-order chi connectivity index (χ0) is 22.0. The minimum absolute atomic E-state index is 0.0722. The Morgan fingerprint density at radius 3 is 2.47 bits per heavy atom. The highest BCUT2D eigenvalue weighted by Crippen LogP contribution is 2.50. The number of methoxy groups -OCH3 is 3. The number of carbonyl (C=O) groups excluding carboxylic acids is 2. The summed E-state index contributed by atoms with van der Waals surface area (Å²) < 4.78 is 16.4. The van der Waals surface area contributed by atoms with Gasteiger partial charge in [-0.3, -0.25) is 15.0 Å². The van der Waals surface area contributed by atoms with Crippen LogP contribution in [0.25, 0.3) is 0 Å². The lowest BCUT2D eigenvalue weighted by Gasteiger charge is -2.39. The SMILES string of the molecule is COc1ccc(C2C(C#N)=C(N)N(NC(C)=O)C3=C2C(=O)CCC3)c(OC)c1OC. The Bertz CT molecular complexity index is 1010. The number of nitrogens with two attached hydrogens (primary N) is 1. The number of allylic oxidation sites excluding steroid dienone is 3. The van der Waals surface area contributed by atoms with Crippen LogP contribution in [-0.2, 0) is 9.59 Å². The van der Waals surface area contributed by atoms with Gasteiger partial charge in [0.15, 0.2) is 17.3 Å². The summed E-state index contributed by atoms with van der Waals surface area (Å²) >= 11 is 0. The van der Waals surface area contributed by atoms with E-state index >= 15 is 0 Å². The number of nitriles is 1. The molecule has 1 amide bonds. The third-order valence-corrected chi connectivity index (χ3v) is 5.23. The van der Waals surface area contributed by atoms with Gasteiger partial charge < -0.3 is 19.9 Å². The number of hydrogen-bond donors (Lipinski definition) is 2. The quantitative estimate of drug-likeness (QED) is 0.750. The van der Waals surface area contributed by atoms with E-state index in [2.05, 4.69) is 11.5 Å². The van der Waals surface area contributed by atoms with E-state index in [1.54, 1.807) is 12.1 Å². The van der Waals surface area contributed by atoms with Crippen molar-refractivity contribution in [2.75, 3.05) is 21.3 Å². The van der Waals surface area contributed by atoms with Crippen molar-refractivity contribution < 1.29 is 23.8 Å². The molecular formula is C21H24N4O5. The van der Waals surface area contributed by atoms with Gasteiger partial charge in [0.2, 0.25) is 11.7 Å². The molecule has 0 saturated heterocycles. The number of nitrogens with zero attached hydrogens (tertiary/aromatic N) is 2. The number of hydrazine groups is 1. The highest BCUT2D eigenvalue weighted by Gasteiger charge is 2.42. The molecular weight excluding hydrogens is 388 g/mol. The predicted molar refractivity (Wildman–Crippen MR) is 107 cm³/mol. The third-order valence-electron chi connectivity index (χ3n) is 5.23. The van der Waals surface area contributed by atoms with Crippen LogP contribution in [0.3, 0.4) is 0 Å². The Kier molecular flexibility index (Phi) is 5.87. The summed E-state index contributed by atoms with van der Waals surface area (Å²) in [5, 5.41) is 11.3. The van der Waals surface area contributed by atoms with Crippen molar-refractivity contribution in [3.8, 4) is 23.3 Å². The van der Waals surface area contributed by atoms with Gasteiger partial charge in [0.25, 0.3) is 0 Å². The number of nitrogens with one attached hydrogen (secondary N) is 1. The van der Waals surface area contributed by atoms with Gasteiger partial charge in [0, 0.05) is 30.2 Å². The molecule has 0 bridgehead atoms. The summed E-state index contributed by atoms with van der Waals surface area (Å²) in [7, 11) is 4.46. The summed E-state index contributed by atoms with van der Waals surface area (Å²) in [6.07, 6.45) is 1.50. The third kappa shape index (κ3) is 3.30. The fourth-order valence-corrected chi connectivity index (χ4v) is 4.03. The first-order chi connectivity index (χ1) is 14.4. The molecule has 3 N–H and O–H groups in total. The monoisotopic (exact) mass is 412 g/mol. The number of rotatable bonds is 5. The summed E-state index contributed by atoms with van der Waals surface area (Å²) in [6.45, 7) is 1.34. The van der Waals surface area contributed by atoms with Crippen molar-refractivity contribution in [3.63, 3.8) is 0 Å². The summed E-state index contributed by atoms with van der Waals surface area (Å²) in [5.74, 6) is 0.00794. The fourth-order valence-electron chi connectivity index (χ4n) is 4.03. The number of ether oxygens (including phenoxy) is 3. The largest absolute Gasteiger partial charge is 0.493 e. The van der Waals surface area contributed by atoms with Crippen LogP contribution >= 0.6 is 0 Å². The molecule has 0 fully saturated rings. The molecule has 1 aromatic carbocycles. The molecule has 30 heavy (non-hydrogen) atoms. The molecule has 158 valence electrons. The molecule has 0 saturated carbocycles. The Labute approximate surface area is 174 Å². The van der Waals surface area contributed by atoms with E-state index in [1.165, 1.54) is 33.3 Å². The molecule has 1 unspecified atom stereocenters. The Hall–Kier alpha value is -3.67. The number of ketones is 1. The average Bonchev–Trinajstić information content (AvgIpc) is 2.74. The van der Waals surface area contributed by atoms with Gasteiger partial charge in [-0.1, -0.05) is 6.07 Å². The molecule has 1 atom stereocenters. The van der Waals surface area contributed by atoms with Gasteiger partial charge in [-0.25, -0.2) is 5.01 Å². The van der Waals surface area contributed by atoms with Gasteiger partial charge in [0.05, 0.1) is 38.9 Å². The lowest BCUT2D eigenvalue weighted by molar-refractivity contribution is -0.123.